The van der Waals surface area contributed by atoms with Crippen molar-refractivity contribution in [2.24, 2.45) is 17.3 Å². The second kappa shape index (κ2) is 5.82. The van der Waals surface area contributed by atoms with E-state index in [0.29, 0.717) is 12.8 Å². The van der Waals surface area contributed by atoms with E-state index in [1.165, 1.54) is 0 Å². The summed E-state index contributed by atoms with van der Waals surface area (Å²) in [6, 6.07) is 4.36. The van der Waals surface area contributed by atoms with Gasteiger partial charge in [-0.2, -0.15) is 10.5 Å². The van der Waals surface area contributed by atoms with Gasteiger partial charge in [-0.1, -0.05) is 33.1 Å². The molecule has 0 aliphatic heterocycles. The molecule has 0 bridgehead atoms. The summed E-state index contributed by atoms with van der Waals surface area (Å²) in [5, 5.41) is 18.6. The minimum absolute atomic E-state index is 0.0623. The highest BCUT2D eigenvalue weighted by atomic mass is 16.1. The number of unbranched alkanes of at least 4 members (excludes halogenated alkanes) is 2. The van der Waals surface area contributed by atoms with Crippen LogP contribution in [0.3, 0.4) is 0 Å². The Morgan fingerprint density at radius 2 is 2.00 bits per heavy atom. The molecule has 2 unspecified atom stereocenters. The average Bonchev–Trinajstić information content (AvgIpc) is 2.34. The van der Waals surface area contributed by atoms with Gasteiger partial charge < -0.3 is 0 Å². The van der Waals surface area contributed by atoms with E-state index in [1.54, 1.807) is 0 Å². The molecule has 0 aromatic rings. The molecule has 0 N–H and O–H groups in total. The molecule has 0 spiro atoms. The van der Waals surface area contributed by atoms with Gasteiger partial charge in [0.1, 0.15) is 11.2 Å². The van der Waals surface area contributed by atoms with Gasteiger partial charge in [0, 0.05) is 12.3 Å². The van der Waals surface area contributed by atoms with E-state index in [2.05, 4.69) is 19.1 Å². The third kappa shape index (κ3) is 2.86. The maximum atomic E-state index is 11.7. The van der Waals surface area contributed by atoms with Crippen LogP contribution in [-0.2, 0) is 4.79 Å². The normalized spacial score (nSPS) is 27.2. The van der Waals surface area contributed by atoms with E-state index in [4.69, 9.17) is 0 Å². The van der Waals surface area contributed by atoms with Crippen molar-refractivity contribution < 1.29 is 4.79 Å². The van der Waals surface area contributed by atoms with E-state index < -0.39 is 5.41 Å². The summed E-state index contributed by atoms with van der Waals surface area (Å²) in [5.74, 6) is 0.0112. The summed E-state index contributed by atoms with van der Waals surface area (Å²) in [5.41, 5.74) is -0.929. The Labute approximate surface area is 103 Å². The van der Waals surface area contributed by atoms with Crippen LogP contribution in [-0.4, -0.2) is 5.78 Å². The van der Waals surface area contributed by atoms with Crippen molar-refractivity contribution in [3.63, 3.8) is 0 Å². The lowest BCUT2D eigenvalue weighted by Crippen LogP contribution is -2.39. The third-order valence-electron chi connectivity index (χ3n) is 3.88. The van der Waals surface area contributed by atoms with Crippen molar-refractivity contribution in [3.8, 4) is 12.1 Å². The first kappa shape index (κ1) is 13.7. The number of Topliss-reactive ketones (excluding diaryl/α,β-unsaturated/α-hetero) is 1. The summed E-state index contributed by atoms with van der Waals surface area (Å²) in [6.45, 7) is 3.95. The zero-order valence-corrected chi connectivity index (χ0v) is 10.7. The fourth-order valence-corrected chi connectivity index (χ4v) is 2.67. The Hall–Kier alpha value is -1.35. The maximum Gasteiger partial charge on any atom is 0.147 e. The molecule has 1 aliphatic rings. The van der Waals surface area contributed by atoms with E-state index in [9.17, 15) is 15.3 Å². The molecular formula is C14H20N2O. The molecular weight excluding hydrogens is 212 g/mol. The molecule has 0 amide bonds. The lowest BCUT2D eigenvalue weighted by molar-refractivity contribution is -0.127. The molecule has 3 heteroatoms. The average molecular weight is 232 g/mol. The maximum absolute atomic E-state index is 11.7. The first-order chi connectivity index (χ1) is 8.09. The van der Waals surface area contributed by atoms with Gasteiger partial charge in [-0.3, -0.25) is 4.79 Å². The molecule has 1 rings (SSSR count). The number of nitrogens with zero attached hydrogens (tertiary/aromatic N) is 2. The predicted molar refractivity (Wildman–Crippen MR) is 64.7 cm³/mol. The smallest absolute Gasteiger partial charge is 0.147 e. The van der Waals surface area contributed by atoms with Crippen molar-refractivity contribution >= 4 is 5.78 Å². The SMILES string of the molecule is CCCCCC1CC(=O)C(C)CC1(C#N)C#N. The Morgan fingerprint density at radius 3 is 2.53 bits per heavy atom. The lowest BCUT2D eigenvalue weighted by Gasteiger charge is -2.35. The molecule has 0 aromatic heterocycles. The van der Waals surface area contributed by atoms with Crippen LogP contribution >= 0.6 is 0 Å². The molecule has 0 radical (unpaired) electrons. The summed E-state index contributed by atoms with van der Waals surface area (Å²) < 4.78 is 0. The first-order valence-electron chi connectivity index (χ1n) is 6.44. The Kier molecular flexibility index (Phi) is 4.70. The Morgan fingerprint density at radius 1 is 1.35 bits per heavy atom. The zero-order valence-electron chi connectivity index (χ0n) is 10.7. The largest absolute Gasteiger partial charge is 0.299 e. The van der Waals surface area contributed by atoms with E-state index >= 15 is 0 Å². The second-order valence-electron chi connectivity index (χ2n) is 5.16. The van der Waals surface area contributed by atoms with Crippen LogP contribution in [0.1, 0.15) is 52.4 Å². The summed E-state index contributed by atoms with van der Waals surface area (Å²) in [7, 11) is 0. The first-order valence-corrected chi connectivity index (χ1v) is 6.44. The summed E-state index contributed by atoms with van der Waals surface area (Å²) in [4.78, 5) is 11.7. The van der Waals surface area contributed by atoms with Gasteiger partial charge in [0.15, 0.2) is 0 Å². The lowest BCUT2D eigenvalue weighted by atomic mass is 9.63. The van der Waals surface area contributed by atoms with Crippen molar-refractivity contribution in [2.45, 2.75) is 52.4 Å². The molecule has 1 aliphatic carbocycles. The highest BCUT2D eigenvalue weighted by molar-refractivity contribution is 5.82. The van der Waals surface area contributed by atoms with Crippen LogP contribution in [0, 0.1) is 39.9 Å². The minimum Gasteiger partial charge on any atom is -0.299 e. The third-order valence-corrected chi connectivity index (χ3v) is 3.88. The van der Waals surface area contributed by atoms with E-state index in [-0.39, 0.29) is 17.6 Å². The molecule has 17 heavy (non-hydrogen) atoms. The highest BCUT2D eigenvalue weighted by Gasteiger charge is 2.46. The molecule has 1 fully saturated rings. The number of hydrogen-bond donors (Lipinski definition) is 0. The quantitative estimate of drug-likeness (QED) is 0.699. The van der Waals surface area contributed by atoms with Gasteiger partial charge in [0.05, 0.1) is 12.1 Å². The van der Waals surface area contributed by atoms with Crippen molar-refractivity contribution in [1.29, 1.82) is 10.5 Å². The van der Waals surface area contributed by atoms with Gasteiger partial charge in [0.25, 0.3) is 0 Å². The summed E-state index contributed by atoms with van der Waals surface area (Å²) in [6.07, 6.45) is 4.87. The van der Waals surface area contributed by atoms with Crippen LogP contribution in [0.4, 0.5) is 0 Å². The van der Waals surface area contributed by atoms with Gasteiger partial charge in [-0.15, -0.1) is 0 Å². The molecule has 0 heterocycles. The molecule has 92 valence electrons. The summed E-state index contributed by atoms with van der Waals surface area (Å²) >= 11 is 0. The topological polar surface area (TPSA) is 64.7 Å². The van der Waals surface area contributed by atoms with Gasteiger partial charge in [-0.05, 0) is 18.8 Å². The van der Waals surface area contributed by atoms with E-state index in [0.717, 1.165) is 25.7 Å². The van der Waals surface area contributed by atoms with Crippen molar-refractivity contribution in [1.82, 2.24) is 0 Å². The molecule has 1 saturated carbocycles. The minimum atomic E-state index is -0.929. The number of nitriles is 2. The van der Waals surface area contributed by atoms with Gasteiger partial charge in [0.2, 0.25) is 0 Å². The van der Waals surface area contributed by atoms with Crippen molar-refractivity contribution in [2.75, 3.05) is 0 Å². The number of carbonyl (C=O) groups excluding carboxylic acids is 1. The van der Waals surface area contributed by atoms with Crippen molar-refractivity contribution in [3.05, 3.63) is 0 Å². The Bertz CT molecular complexity index is 347. The second-order valence-corrected chi connectivity index (χ2v) is 5.16. The predicted octanol–water partition coefficient (Wildman–Crippen LogP) is 3.22. The van der Waals surface area contributed by atoms with Crippen LogP contribution in [0.2, 0.25) is 0 Å². The standard InChI is InChI=1S/C14H20N2O/c1-3-4-5-6-12-7-13(17)11(2)8-14(12,9-15)10-16/h11-12H,3-8H2,1-2H3. The highest BCUT2D eigenvalue weighted by Crippen LogP contribution is 2.43. The number of ketones is 1. The van der Waals surface area contributed by atoms with Gasteiger partial charge in [-0.25, -0.2) is 0 Å². The van der Waals surface area contributed by atoms with Crippen LogP contribution < -0.4 is 0 Å². The fourth-order valence-electron chi connectivity index (χ4n) is 2.67. The fraction of sp³-hybridized carbons (Fsp3) is 0.786. The number of rotatable bonds is 4. The van der Waals surface area contributed by atoms with Crippen LogP contribution in [0.5, 0.6) is 0 Å². The molecule has 2 atom stereocenters. The molecule has 0 saturated heterocycles. The van der Waals surface area contributed by atoms with Gasteiger partial charge >= 0.3 is 0 Å². The Balaban J connectivity index is 2.79. The zero-order chi connectivity index (χ0) is 12.9. The van der Waals surface area contributed by atoms with Crippen LogP contribution in [0.25, 0.3) is 0 Å². The number of hydrogen-bond acceptors (Lipinski definition) is 3. The van der Waals surface area contributed by atoms with Crippen LogP contribution in [0.15, 0.2) is 0 Å². The molecule has 3 nitrogen and oxygen atoms in total. The monoisotopic (exact) mass is 232 g/mol. The molecule has 0 aromatic carbocycles. The van der Waals surface area contributed by atoms with E-state index in [1.807, 2.05) is 6.92 Å². The number of carbonyl (C=O) groups is 1.